The number of unbranched alkanes of at least 4 members (excludes halogenated alkanes) is 1. The van der Waals surface area contributed by atoms with Crippen LogP contribution >= 0.6 is 0 Å². The van der Waals surface area contributed by atoms with E-state index >= 15 is 0 Å². The Hall–Kier alpha value is -4.06. The maximum Gasteiger partial charge on any atom is 0.295 e. The Bertz CT molecular complexity index is 1410. The summed E-state index contributed by atoms with van der Waals surface area (Å²) in [6.07, 6.45) is 1.96. The Labute approximate surface area is 197 Å². The molecule has 6 heteroatoms. The molecule has 34 heavy (non-hydrogen) atoms. The summed E-state index contributed by atoms with van der Waals surface area (Å²) in [5.41, 5.74) is 1.92. The highest BCUT2D eigenvalue weighted by Crippen LogP contribution is 2.43. The van der Waals surface area contributed by atoms with E-state index in [9.17, 15) is 9.59 Å². The minimum absolute atomic E-state index is 0.0693. The van der Waals surface area contributed by atoms with Gasteiger partial charge in [-0.05, 0) is 48.4 Å². The van der Waals surface area contributed by atoms with Crippen molar-refractivity contribution in [2.75, 3.05) is 18.6 Å². The Kier molecular flexibility index (Phi) is 5.80. The van der Waals surface area contributed by atoms with Crippen LogP contribution in [-0.2, 0) is 0 Å². The van der Waals surface area contributed by atoms with E-state index in [1.807, 2.05) is 48.5 Å². The summed E-state index contributed by atoms with van der Waals surface area (Å²) in [5.74, 6) is 0.893. The van der Waals surface area contributed by atoms with Crippen LogP contribution in [0, 0.1) is 0 Å². The minimum Gasteiger partial charge on any atom is -0.493 e. The molecule has 0 N–H and O–H groups in total. The number of rotatable bonds is 7. The van der Waals surface area contributed by atoms with Gasteiger partial charge in [0.05, 0.1) is 30.7 Å². The van der Waals surface area contributed by atoms with Crippen LogP contribution in [0.3, 0.4) is 0 Å². The molecule has 5 rings (SSSR count). The topological polar surface area (TPSA) is 69.0 Å². The van der Waals surface area contributed by atoms with E-state index < -0.39 is 6.04 Å². The zero-order valence-corrected chi connectivity index (χ0v) is 19.1. The van der Waals surface area contributed by atoms with Gasteiger partial charge >= 0.3 is 0 Å². The summed E-state index contributed by atoms with van der Waals surface area (Å²) in [4.78, 5) is 28.8. The monoisotopic (exact) mass is 455 g/mol. The molecule has 1 aliphatic rings. The van der Waals surface area contributed by atoms with Crippen molar-refractivity contribution in [3.05, 3.63) is 99.9 Å². The molecular weight excluding hydrogens is 430 g/mol. The molecule has 1 aliphatic heterocycles. The Morgan fingerprint density at radius 3 is 2.47 bits per heavy atom. The predicted molar refractivity (Wildman–Crippen MR) is 131 cm³/mol. The molecule has 172 valence electrons. The van der Waals surface area contributed by atoms with E-state index in [1.165, 1.54) is 0 Å². The van der Waals surface area contributed by atoms with Crippen molar-refractivity contribution in [1.29, 1.82) is 0 Å². The lowest BCUT2D eigenvalue weighted by Gasteiger charge is -2.26. The molecule has 0 saturated carbocycles. The lowest BCUT2D eigenvalue weighted by atomic mass is 9.97. The van der Waals surface area contributed by atoms with E-state index in [2.05, 4.69) is 6.92 Å². The van der Waals surface area contributed by atoms with Gasteiger partial charge in [-0.1, -0.05) is 49.7 Å². The largest absolute Gasteiger partial charge is 0.493 e. The van der Waals surface area contributed by atoms with Gasteiger partial charge in [0.2, 0.25) is 5.76 Å². The van der Waals surface area contributed by atoms with Gasteiger partial charge in [-0.25, -0.2) is 0 Å². The smallest absolute Gasteiger partial charge is 0.295 e. The highest BCUT2D eigenvalue weighted by molar-refractivity contribution is 6.10. The second kappa shape index (κ2) is 9.06. The van der Waals surface area contributed by atoms with Crippen LogP contribution in [0.15, 0.2) is 82.0 Å². The summed E-state index contributed by atoms with van der Waals surface area (Å²) in [5, 5.41) is 0.445. The summed E-state index contributed by atoms with van der Waals surface area (Å²) in [6.45, 7) is 2.69. The number of fused-ring (bicyclic) bond motifs is 2. The van der Waals surface area contributed by atoms with Crippen molar-refractivity contribution < 1.29 is 18.7 Å². The standard InChI is InChI=1S/C28H25NO5/c1-3-4-16-33-22-15-14-18(17-23(22)32-2)25-24-26(30)20-12-8-9-13-21(20)34-27(24)28(31)29(25)19-10-6-5-7-11-19/h5-15,17,25H,3-4,16H2,1-2H3. The Morgan fingerprint density at radius 2 is 1.71 bits per heavy atom. The fourth-order valence-electron chi connectivity index (χ4n) is 4.39. The van der Waals surface area contributed by atoms with Gasteiger partial charge in [0.15, 0.2) is 16.9 Å². The fraction of sp³-hybridized carbons (Fsp3) is 0.214. The first kappa shape index (κ1) is 21.8. The van der Waals surface area contributed by atoms with Gasteiger partial charge in [-0.3, -0.25) is 14.5 Å². The quantitative estimate of drug-likeness (QED) is 0.333. The first-order valence-corrected chi connectivity index (χ1v) is 11.4. The zero-order valence-electron chi connectivity index (χ0n) is 19.1. The molecule has 4 aromatic rings. The van der Waals surface area contributed by atoms with Crippen LogP contribution < -0.4 is 19.8 Å². The number of benzene rings is 3. The second-order valence-electron chi connectivity index (χ2n) is 8.20. The van der Waals surface area contributed by atoms with Crippen LogP contribution in [-0.4, -0.2) is 19.6 Å². The number of ether oxygens (including phenoxy) is 2. The zero-order chi connectivity index (χ0) is 23.7. The first-order valence-electron chi connectivity index (χ1n) is 11.4. The maximum atomic E-state index is 13.6. The van der Waals surface area contributed by atoms with E-state index in [-0.39, 0.29) is 17.1 Å². The molecule has 6 nitrogen and oxygen atoms in total. The van der Waals surface area contributed by atoms with Crippen LogP contribution in [0.2, 0.25) is 0 Å². The van der Waals surface area contributed by atoms with Gasteiger partial charge in [0, 0.05) is 5.69 Å². The maximum absolute atomic E-state index is 13.6. The first-order chi connectivity index (χ1) is 16.6. The molecule has 0 saturated heterocycles. The fourth-order valence-corrected chi connectivity index (χ4v) is 4.39. The molecule has 1 atom stereocenters. The summed E-state index contributed by atoms with van der Waals surface area (Å²) < 4.78 is 17.5. The van der Waals surface area contributed by atoms with Crippen LogP contribution in [0.1, 0.15) is 47.5 Å². The van der Waals surface area contributed by atoms with E-state index in [4.69, 9.17) is 13.9 Å². The van der Waals surface area contributed by atoms with Crippen molar-refractivity contribution in [2.24, 2.45) is 0 Å². The average Bonchev–Trinajstić information content (AvgIpc) is 3.17. The number of carbonyl (C=O) groups excluding carboxylic acids is 1. The van der Waals surface area contributed by atoms with E-state index in [0.717, 1.165) is 18.4 Å². The number of anilines is 1. The third-order valence-corrected chi connectivity index (χ3v) is 6.07. The predicted octanol–water partition coefficient (Wildman–Crippen LogP) is 5.73. The minimum atomic E-state index is -0.663. The van der Waals surface area contributed by atoms with Crippen molar-refractivity contribution in [3.63, 3.8) is 0 Å². The van der Waals surface area contributed by atoms with Crippen molar-refractivity contribution in [1.82, 2.24) is 0 Å². The highest BCUT2D eigenvalue weighted by Gasteiger charge is 2.43. The van der Waals surface area contributed by atoms with E-state index in [1.54, 1.807) is 36.3 Å². The molecule has 1 unspecified atom stereocenters. The molecule has 3 aromatic carbocycles. The molecule has 2 heterocycles. The van der Waals surface area contributed by atoms with Crippen LogP contribution in [0.25, 0.3) is 11.0 Å². The van der Waals surface area contributed by atoms with Crippen molar-refractivity contribution in [2.45, 2.75) is 25.8 Å². The number of hydrogen-bond donors (Lipinski definition) is 0. The summed E-state index contributed by atoms with van der Waals surface area (Å²) in [6, 6.07) is 21.2. The lowest BCUT2D eigenvalue weighted by molar-refractivity contribution is 0.0971. The van der Waals surface area contributed by atoms with Gasteiger partial charge in [0.25, 0.3) is 5.91 Å². The molecule has 0 radical (unpaired) electrons. The SMILES string of the molecule is CCCCOc1ccc(C2c3c(oc4ccccc4c3=O)C(=O)N2c2ccccc2)cc1OC. The summed E-state index contributed by atoms with van der Waals surface area (Å²) >= 11 is 0. The van der Waals surface area contributed by atoms with Crippen LogP contribution in [0.5, 0.6) is 11.5 Å². The normalized spacial score (nSPS) is 14.9. The molecule has 1 amide bonds. The van der Waals surface area contributed by atoms with Gasteiger partial charge in [0.1, 0.15) is 5.58 Å². The van der Waals surface area contributed by atoms with Crippen molar-refractivity contribution in [3.8, 4) is 11.5 Å². The third-order valence-electron chi connectivity index (χ3n) is 6.07. The molecule has 0 fully saturated rings. The second-order valence-corrected chi connectivity index (χ2v) is 8.20. The number of para-hydroxylation sites is 2. The number of methoxy groups -OCH3 is 1. The number of amides is 1. The number of hydrogen-bond acceptors (Lipinski definition) is 5. The molecule has 0 bridgehead atoms. The average molecular weight is 456 g/mol. The number of nitrogens with zero attached hydrogens (tertiary/aromatic N) is 1. The van der Waals surface area contributed by atoms with Gasteiger partial charge in [-0.15, -0.1) is 0 Å². The van der Waals surface area contributed by atoms with Crippen LogP contribution in [0.4, 0.5) is 5.69 Å². The van der Waals surface area contributed by atoms with Gasteiger partial charge in [-0.2, -0.15) is 0 Å². The Morgan fingerprint density at radius 1 is 0.941 bits per heavy atom. The van der Waals surface area contributed by atoms with Crippen molar-refractivity contribution >= 4 is 22.6 Å². The molecular formula is C28H25NO5. The third kappa shape index (κ3) is 3.61. The molecule has 0 aliphatic carbocycles. The molecule has 1 aromatic heterocycles. The number of carbonyl (C=O) groups is 1. The molecule has 0 spiro atoms. The lowest BCUT2D eigenvalue weighted by Crippen LogP contribution is -2.29. The van der Waals surface area contributed by atoms with E-state index in [0.29, 0.717) is 40.3 Å². The Balaban J connectivity index is 1.70. The highest BCUT2D eigenvalue weighted by atomic mass is 16.5. The summed E-state index contributed by atoms with van der Waals surface area (Å²) in [7, 11) is 1.58. The van der Waals surface area contributed by atoms with Gasteiger partial charge < -0.3 is 13.9 Å².